The second kappa shape index (κ2) is 4.96. The maximum Gasteiger partial charge on any atom is 0.126 e. The summed E-state index contributed by atoms with van der Waals surface area (Å²) in [6.45, 7) is 4.10. The van der Waals surface area contributed by atoms with Crippen molar-refractivity contribution in [1.82, 2.24) is 0 Å². The molecule has 1 unspecified atom stereocenters. The van der Waals surface area contributed by atoms with Crippen LogP contribution in [0, 0.1) is 12.7 Å². The molecule has 0 amide bonds. The number of ether oxygens (including phenoxy) is 2. The molecule has 3 heteroatoms. The van der Waals surface area contributed by atoms with E-state index in [0.717, 1.165) is 0 Å². The molecule has 0 N–H and O–H groups in total. The van der Waals surface area contributed by atoms with Gasteiger partial charge in [-0.15, -0.1) is 0 Å². The van der Waals surface area contributed by atoms with Crippen molar-refractivity contribution >= 4 is 0 Å². The van der Waals surface area contributed by atoms with Crippen LogP contribution in [0.25, 0.3) is 0 Å². The van der Waals surface area contributed by atoms with Gasteiger partial charge in [-0.05, 0) is 37.6 Å². The monoisotopic (exact) mass is 198 g/mol. The summed E-state index contributed by atoms with van der Waals surface area (Å²) < 4.78 is 23.3. The van der Waals surface area contributed by atoms with Crippen LogP contribution in [0.2, 0.25) is 0 Å². The molecule has 0 fully saturated rings. The molecule has 0 aliphatic rings. The minimum absolute atomic E-state index is 0.0420. The van der Waals surface area contributed by atoms with Crippen LogP contribution in [0.5, 0.6) is 5.75 Å². The molecule has 0 spiro atoms. The first kappa shape index (κ1) is 11.0. The minimum Gasteiger partial charge on any atom is -0.491 e. The fourth-order valence-corrected chi connectivity index (χ4v) is 0.989. The summed E-state index contributed by atoms with van der Waals surface area (Å²) in [6, 6.07) is 4.70. The predicted octanol–water partition coefficient (Wildman–Crippen LogP) is 2.55. The van der Waals surface area contributed by atoms with Crippen LogP contribution < -0.4 is 4.74 Å². The van der Waals surface area contributed by atoms with Gasteiger partial charge in [0.1, 0.15) is 18.2 Å². The van der Waals surface area contributed by atoms with E-state index in [1.54, 1.807) is 26.2 Å². The molecule has 0 saturated heterocycles. The Kier molecular flexibility index (Phi) is 3.89. The van der Waals surface area contributed by atoms with Gasteiger partial charge in [-0.25, -0.2) is 4.39 Å². The summed E-state index contributed by atoms with van der Waals surface area (Å²) in [5.74, 6) is 0.463. The van der Waals surface area contributed by atoms with Crippen LogP contribution >= 0.6 is 0 Å². The van der Waals surface area contributed by atoms with Crippen LogP contribution in [-0.4, -0.2) is 19.8 Å². The summed E-state index contributed by atoms with van der Waals surface area (Å²) in [7, 11) is 1.63. The van der Waals surface area contributed by atoms with Crippen molar-refractivity contribution in [3.63, 3.8) is 0 Å². The summed E-state index contributed by atoms with van der Waals surface area (Å²) in [5, 5.41) is 0. The fourth-order valence-electron chi connectivity index (χ4n) is 0.989. The predicted molar refractivity (Wildman–Crippen MR) is 53.1 cm³/mol. The molecule has 0 aromatic heterocycles. The molecule has 1 aromatic carbocycles. The maximum absolute atomic E-state index is 12.9. The molecule has 1 aromatic rings. The molecule has 0 bridgehead atoms. The smallest absolute Gasteiger partial charge is 0.126 e. The Hall–Kier alpha value is -1.09. The molecule has 0 aliphatic heterocycles. The van der Waals surface area contributed by atoms with E-state index in [9.17, 15) is 4.39 Å². The summed E-state index contributed by atoms with van der Waals surface area (Å²) in [4.78, 5) is 0. The van der Waals surface area contributed by atoms with E-state index in [4.69, 9.17) is 9.47 Å². The lowest BCUT2D eigenvalue weighted by atomic mass is 10.2. The Morgan fingerprint density at radius 2 is 2.14 bits per heavy atom. The van der Waals surface area contributed by atoms with Gasteiger partial charge in [0.2, 0.25) is 0 Å². The van der Waals surface area contributed by atoms with Crippen molar-refractivity contribution in [3.05, 3.63) is 29.6 Å². The van der Waals surface area contributed by atoms with Crippen molar-refractivity contribution < 1.29 is 13.9 Å². The van der Waals surface area contributed by atoms with Gasteiger partial charge in [-0.3, -0.25) is 0 Å². The second-order valence-corrected chi connectivity index (χ2v) is 3.27. The quantitative estimate of drug-likeness (QED) is 0.740. The first-order chi connectivity index (χ1) is 6.63. The lowest BCUT2D eigenvalue weighted by Gasteiger charge is -2.11. The van der Waals surface area contributed by atoms with Crippen molar-refractivity contribution in [2.75, 3.05) is 13.7 Å². The van der Waals surface area contributed by atoms with E-state index < -0.39 is 0 Å². The van der Waals surface area contributed by atoms with E-state index in [2.05, 4.69) is 0 Å². The molecule has 2 nitrogen and oxygen atoms in total. The number of hydrogen-bond acceptors (Lipinski definition) is 2. The molecule has 78 valence electrons. The number of benzene rings is 1. The maximum atomic E-state index is 12.9. The third-order valence-electron chi connectivity index (χ3n) is 2.02. The molecule has 14 heavy (non-hydrogen) atoms. The summed E-state index contributed by atoms with van der Waals surface area (Å²) in [5.41, 5.74) is 0.590. The van der Waals surface area contributed by atoms with E-state index >= 15 is 0 Å². The third-order valence-corrected chi connectivity index (χ3v) is 2.02. The van der Waals surface area contributed by atoms with Crippen LogP contribution in [0.15, 0.2) is 18.2 Å². The normalized spacial score (nSPS) is 12.6. The Morgan fingerprint density at radius 1 is 1.43 bits per heavy atom. The molecule has 0 radical (unpaired) electrons. The highest BCUT2D eigenvalue weighted by atomic mass is 19.1. The first-order valence-corrected chi connectivity index (χ1v) is 4.55. The van der Waals surface area contributed by atoms with Crippen LogP contribution in [0.4, 0.5) is 4.39 Å². The van der Waals surface area contributed by atoms with E-state index in [1.165, 1.54) is 6.07 Å². The molecule has 1 rings (SSSR count). The van der Waals surface area contributed by atoms with E-state index in [1.807, 2.05) is 6.92 Å². The minimum atomic E-state index is -0.211. The molecule has 0 heterocycles. The summed E-state index contributed by atoms with van der Waals surface area (Å²) in [6.07, 6.45) is 0.0420. The number of rotatable bonds is 4. The lowest BCUT2D eigenvalue weighted by molar-refractivity contribution is 0.0716. The van der Waals surface area contributed by atoms with Gasteiger partial charge in [-0.1, -0.05) is 0 Å². The fraction of sp³-hybridized carbons (Fsp3) is 0.455. The Morgan fingerprint density at radius 3 is 2.71 bits per heavy atom. The van der Waals surface area contributed by atoms with Crippen molar-refractivity contribution in [2.45, 2.75) is 20.0 Å². The SMILES string of the molecule is COC(C)COc1ccc(F)c(C)c1. The third kappa shape index (κ3) is 3.00. The molecular formula is C11H15FO2. The highest BCUT2D eigenvalue weighted by Crippen LogP contribution is 2.16. The Balaban J connectivity index is 2.55. The lowest BCUT2D eigenvalue weighted by Crippen LogP contribution is -2.15. The van der Waals surface area contributed by atoms with Gasteiger partial charge >= 0.3 is 0 Å². The van der Waals surface area contributed by atoms with Gasteiger partial charge in [0.05, 0.1) is 6.10 Å². The van der Waals surface area contributed by atoms with Crippen LogP contribution in [-0.2, 0) is 4.74 Å². The number of aryl methyl sites for hydroxylation is 1. The van der Waals surface area contributed by atoms with Crippen molar-refractivity contribution in [3.8, 4) is 5.75 Å². The second-order valence-electron chi connectivity index (χ2n) is 3.27. The standard InChI is InChI=1S/C11H15FO2/c1-8-6-10(4-5-11(8)12)14-7-9(2)13-3/h4-6,9H,7H2,1-3H3. The van der Waals surface area contributed by atoms with Crippen molar-refractivity contribution in [2.24, 2.45) is 0 Å². The van der Waals surface area contributed by atoms with Crippen molar-refractivity contribution in [1.29, 1.82) is 0 Å². The molecular weight excluding hydrogens is 183 g/mol. The number of halogens is 1. The highest BCUT2D eigenvalue weighted by Gasteiger charge is 2.02. The van der Waals surface area contributed by atoms with Gasteiger partial charge in [-0.2, -0.15) is 0 Å². The number of methoxy groups -OCH3 is 1. The van der Waals surface area contributed by atoms with Gasteiger partial charge in [0.15, 0.2) is 0 Å². The first-order valence-electron chi connectivity index (χ1n) is 4.55. The zero-order chi connectivity index (χ0) is 10.6. The average molecular weight is 198 g/mol. The largest absolute Gasteiger partial charge is 0.491 e. The van der Waals surface area contributed by atoms with Crippen LogP contribution in [0.1, 0.15) is 12.5 Å². The zero-order valence-electron chi connectivity index (χ0n) is 8.71. The Labute approximate surface area is 83.6 Å². The molecule has 1 atom stereocenters. The van der Waals surface area contributed by atoms with Gasteiger partial charge in [0, 0.05) is 7.11 Å². The molecule has 0 aliphatic carbocycles. The molecule has 0 saturated carbocycles. The topological polar surface area (TPSA) is 18.5 Å². The Bertz CT molecular complexity index is 299. The van der Waals surface area contributed by atoms with E-state index in [-0.39, 0.29) is 11.9 Å². The van der Waals surface area contributed by atoms with Gasteiger partial charge in [0.25, 0.3) is 0 Å². The number of hydrogen-bond donors (Lipinski definition) is 0. The van der Waals surface area contributed by atoms with Gasteiger partial charge < -0.3 is 9.47 Å². The highest BCUT2D eigenvalue weighted by molar-refractivity contribution is 5.28. The van der Waals surface area contributed by atoms with E-state index in [0.29, 0.717) is 17.9 Å². The average Bonchev–Trinajstić information content (AvgIpc) is 2.19. The zero-order valence-corrected chi connectivity index (χ0v) is 8.71. The van der Waals surface area contributed by atoms with Crippen LogP contribution in [0.3, 0.4) is 0 Å². The summed E-state index contributed by atoms with van der Waals surface area (Å²) >= 11 is 0.